The second-order valence-corrected chi connectivity index (χ2v) is 4.14. The maximum Gasteiger partial charge on any atom is 0.323 e. The van der Waals surface area contributed by atoms with Gasteiger partial charge in [-0.25, -0.2) is 13.6 Å². The molecule has 0 radical (unpaired) electrons. The third-order valence-electron chi connectivity index (χ3n) is 2.72. The van der Waals surface area contributed by atoms with Crippen LogP contribution in [-0.2, 0) is 4.74 Å². The fourth-order valence-corrected chi connectivity index (χ4v) is 1.69. The molecule has 19 heavy (non-hydrogen) atoms. The van der Waals surface area contributed by atoms with Gasteiger partial charge in [0.25, 0.3) is 0 Å². The number of ether oxygens (including phenoxy) is 1. The van der Waals surface area contributed by atoms with Gasteiger partial charge in [-0.3, -0.25) is 0 Å². The van der Waals surface area contributed by atoms with Crippen LogP contribution >= 0.6 is 0 Å². The number of hydrogen-bond acceptors (Lipinski definition) is 2. The van der Waals surface area contributed by atoms with Crippen molar-refractivity contribution >= 4 is 11.7 Å². The Morgan fingerprint density at radius 3 is 2.68 bits per heavy atom. The molecule has 1 saturated heterocycles. The zero-order valence-corrected chi connectivity index (χ0v) is 10.2. The molecule has 0 saturated carbocycles. The van der Waals surface area contributed by atoms with Gasteiger partial charge in [0.15, 0.2) is 0 Å². The molecule has 0 atom stereocenters. The first-order chi connectivity index (χ1) is 9.15. The van der Waals surface area contributed by atoms with Crippen molar-refractivity contribution < 1.29 is 18.3 Å². The van der Waals surface area contributed by atoms with Gasteiger partial charge in [0.2, 0.25) is 0 Å². The molecule has 102 valence electrons. The molecule has 1 heterocycles. The molecule has 0 bridgehead atoms. The average molecular weight is 268 g/mol. The fraction of sp³-hybridized carbons (Fsp3) is 0.308. The van der Waals surface area contributed by atoms with Gasteiger partial charge in [-0.2, -0.15) is 0 Å². The molecule has 0 aromatic heterocycles. The predicted molar refractivity (Wildman–Crippen MR) is 66.6 cm³/mol. The number of nitrogens with one attached hydrogen (secondary N) is 2. The van der Waals surface area contributed by atoms with Gasteiger partial charge < -0.3 is 15.4 Å². The zero-order chi connectivity index (χ0) is 13.7. The molecule has 4 nitrogen and oxygen atoms in total. The van der Waals surface area contributed by atoms with Gasteiger partial charge in [-0.15, -0.1) is 0 Å². The summed E-state index contributed by atoms with van der Waals surface area (Å²) in [7, 11) is 0. The Morgan fingerprint density at radius 1 is 1.26 bits per heavy atom. The van der Waals surface area contributed by atoms with Crippen molar-refractivity contribution in [3.8, 4) is 0 Å². The van der Waals surface area contributed by atoms with Crippen molar-refractivity contribution in [1.82, 2.24) is 5.32 Å². The van der Waals surface area contributed by atoms with Gasteiger partial charge in [-0.05, 0) is 30.5 Å². The van der Waals surface area contributed by atoms with Crippen LogP contribution in [0.3, 0.4) is 0 Å². The molecule has 1 fully saturated rings. The van der Waals surface area contributed by atoms with E-state index >= 15 is 0 Å². The topological polar surface area (TPSA) is 50.4 Å². The van der Waals surface area contributed by atoms with Crippen LogP contribution in [0.4, 0.5) is 19.3 Å². The lowest BCUT2D eigenvalue weighted by Gasteiger charge is -2.14. The van der Waals surface area contributed by atoms with Crippen molar-refractivity contribution in [3.05, 3.63) is 41.6 Å². The summed E-state index contributed by atoms with van der Waals surface area (Å²) < 4.78 is 31.2. The summed E-state index contributed by atoms with van der Waals surface area (Å²) in [5.74, 6) is -1.50. The lowest BCUT2D eigenvalue weighted by atomic mass is 10.1. The van der Waals surface area contributed by atoms with Crippen molar-refractivity contribution in [1.29, 1.82) is 0 Å². The Morgan fingerprint density at radius 2 is 2.00 bits per heavy atom. The largest absolute Gasteiger partial charge is 0.381 e. The predicted octanol–water partition coefficient (Wildman–Crippen LogP) is 2.78. The summed E-state index contributed by atoms with van der Waals surface area (Å²) >= 11 is 0. The van der Waals surface area contributed by atoms with Crippen molar-refractivity contribution in [2.45, 2.75) is 12.8 Å². The maximum atomic E-state index is 13.3. The summed E-state index contributed by atoms with van der Waals surface area (Å²) in [6.07, 6.45) is 3.13. The molecule has 0 unspecified atom stereocenters. The van der Waals surface area contributed by atoms with E-state index in [0.29, 0.717) is 19.3 Å². The molecule has 1 aliphatic heterocycles. The summed E-state index contributed by atoms with van der Waals surface area (Å²) in [5, 5.41) is 4.82. The van der Waals surface area contributed by atoms with E-state index in [0.717, 1.165) is 24.5 Å². The van der Waals surface area contributed by atoms with Crippen LogP contribution in [0.2, 0.25) is 0 Å². The van der Waals surface area contributed by atoms with Gasteiger partial charge in [-0.1, -0.05) is 0 Å². The van der Waals surface area contributed by atoms with Crippen LogP contribution in [0, 0.1) is 11.6 Å². The van der Waals surface area contributed by atoms with Crippen LogP contribution in [0.15, 0.2) is 30.0 Å². The lowest BCUT2D eigenvalue weighted by molar-refractivity contribution is 0.119. The molecule has 0 spiro atoms. The molecule has 1 aromatic carbocycles. The molecule has 0 aliphatic carbocycles. The number of rotatable bonds is 2. The van der Waals surface area contributed by atoms with Crippen LogP contribution in [0.25, 0.3) is 0 Å². The number of anilines is 1. The van der Waals surface area contributed by atoms with Crippen molar-refractivity contribution in [3.63, 3.8) is 0 Å². The second-order valence-electron chi connectivity index (χ2n) is 4.14. The minimum atomic E-state index is -0.811. The lowest BCUT2D eigenvalue weighted by Crippen LogP contribution is -2.25. The van der Waals surface area contributed by atoms with E-state index in [2.05, 4.69) is 10.6 Å². The number of urea groups is 1. The Bertz CT molecular complexity index is 495. The van der Waals surface area contributed by atoms with Gasteiger partial charge in [0.1, 0.15) is 11.6 Å². The highest BCUT2D eigenvalue weighted by Crippen LogP contribution is 2.15. The standard InChI is InChI=1S/C13H14F2N2O2/c14-10-1-2-12(11(15)7-10)17-13(18)16-8-9-3-5-19-6-4-9/h1-2,7-8H,3-6H2,(H2,16,17,18). The Kier molecular flexibility index (Phi) is 4.46. The Balaban J connectivity index is 1.90. The van der Waals surface area contributed by atoms with Crippen LogP contribution < -0.4 is 10.6 Å². The molecule has 2 rings (SSSR count). The number of carbonyl (C=O) groups excluding carboxylic acids is 1. The van der Waals surface area contributed by atoms with Crippen LogP contribution in [-0.4, -0.2) is 19.2 Å². The molecule has 1 aromatic rings. The van der Waals surface area contributed by atoms with Crippen molar-refractivity contribution in [2.75, 3.05) is 18.5 Å². The molecule has 1 aliphatic rings. The monoisotopic (exact) mass is 268 g/mol. The normalized spacial score (nSPS) is 14.9. The van der Waals surface area contributed by atoms with E-state index in [1.165, 1.54) is 6.07 Å². The number of benzene rings is 1. The molecule has 6 heteroatoms. The SMILES string of the molecule is O=C(NC=C1CCOCC1)Nc1ccc(F)cc1F. The van der Waals surface area contributed by atoms with Crippen LogP contribution in [0.5, 0.6) is 0 Å². The number of hydrogen-bond donors (Lipinski definition) is 2. The van der Waals surface area contributed by atoms with Crippen molar-refractivity contribution in [2.24, 2.45) is 0 Å². The van der Waals surface area contributed by atoms with Gasteiger partial charge >= 0.3 is 6.03 Å². The van der Waals surface area contributed by atoms with Gasteiger partial charge in [0, 0.05) is 12.3 Å². The molecular weight excluding hydrogens is 254 g/mol. The van der Waals surface area contributed by atoms with E-state index in [1.807, 2.05) is 0 Å². The van der Waals surface area contributed by atoms with E-state index in [1.54, 1.807) is 6.20 Å². The quantitative estimate of drug-likeness (QED) is 0.866. The second kappa shape index (κ2) is 6.29. The summed E-state index contributed by atoms with van der Waals surface area (Å²) in [6, 6.07) is 2.40. The highest BCUT2D eigenvalue weighted by Gasteiger charge is 2.08. The maximum absolute atomic E-state index is 13.3. The smallest absolute Gasteiger partial charge is 0.323 e. The minimum absolute atomic E-state index is 0.0655. The number of halogens is 2. The van der Waals surface area contributed by atoms with E-state index in [4.69, 9.17) is 4.74 Å². The first kappa shape index (κ1) is 13.5. The third kappa shape index (κ3) is 4.03. The third-order valence-corrected chi connectivity index (χ3v) is 2.72. The van der Waals surface area contributed by atoms with E-state index < -0.39 is 17.7 Å². The average Bonchev–Trinajstić information content (AvgIpc) is 2.41. The number of amides is 2. The zero-order valence-electron chi connectivity index (χ0n) is 10.2. The van der Waals surface area contributed by atoms with Crippen LogP contribution in [0.1, 0.15) is 12.8 Å². The molecular formula is C13H14F2N2O2. The minimum Gasteiger partial charge on any atom is -0.381 e. The Labute approximate surface area is 109 Å². The summed E-state index contributed by atoms with van der Waals surface area (Å²) in [4.78, 5) is 11.5. The first-order valence-corrected chi connectivity index (χ1v) is 5.93. The van der Waals surface area contributed by atoms with E-state index in [9.17, 15) is 13.6 Å². The summed E-state index contributed by atoms with van der Waals surface area (Å²) in [6.45, 7) is 1.28. The molecule has 2 N–H and O–H groups in total. The summed E-state index contributed by atoms with van der Waals surface area (Å²) in [5.41, 5.74) is 1.00. The first-order valence-electron chi connectivity index (χ1n) is 5.93. The Hall–Kier alpha value is -1.95. The van der Waals surface area contributed by atoms with Gasteiger partial charge in [0.05, 0.1) is 18.9 Å². The van der Waals surface area contributed by atoms with E-state index in [-0.39, 0.29) is 5.69 Å². The number of carbonyl (C=O) groups is 1. The fourth-order valence-electron chi connectivity index (χ4n) is 1.69. The highest BCUT2D eigenvalue weighted by molar-refractivity contribution is 5.90. The highest BCUT2D eigenvalue weighted by atomic mass is 19.1. The molecule has 2 amide bonds.